The summed E-state index contributed by atoms with van der Waals surface area (Å²) >= 11 is 0. The Morgan fingerprint density at radius 2 is 1.82 bits per heavy atom. The number of benzene rings is 1. The summed E-state index contributed by atoms with van der Waals surface area (Å²) in [6.45, 7) is 0. The minimum Gasteiger partial charge on any atom is -0.468 e. The number of carbonyl (C=O) groups is 3. The lowest BCUT2D eigenvalue weighted by atomic mass is 9.74. The first kappa shape index (κ1) is 15.9. The maximum Gasteiger partial charge on any atom is 0.330 e. The van der Waals surface area contributed by atoms with Gasteiger partial charge in [-0.1, -0.05) is 30.3 Å². The van der Waals surface area contributed by atoms with E-state index in [-0.39, 0.29) is 5.78 Å². The molecule has 1 atom stereocenters. The number of esters is 2. The number of hydrogen-bond donors (Lipinski definition) is 0. The summed E-state index contributed by atoms with van der Waals surface area (Å²) in [5.41, 5.74) is -0.451. The van der Waals surface area contributed by atoms with E-state index in [1.54, 1.807) is 24.3 Å². The van der Waals surface area contributed by atoms with Gasteiger partial charge in [0.1, 0.15) is 0 Å². The second kappa shape index (κ2) is 6.56. The molecule has 1 aliphatic carbocycles. The van der Waals surface area contributed by atoms with Gasteiger partial charge in [-0.25, -0.2) is 4.79 Å². The zero-order chi connectivity index (χ0) is 16.2. The topological polar surface area (TPSA) is 69.7 Å². The van der Waals surface area contributed by atoms with Gasteiger partial charge < -0.3 is 9.47 Å². The van der Waals surface area contributed by atoms with Crippen LogP contribution in [0.4, 0.5) is 0 Å². The van der Waals surface area contributed by atoms with E-state index in [2.05, 4.69) is 4.74 Å². The van der Waals surface area contributed by atoms with Crippen molar-refractivity contribution in [1.82, 2.24) is 0 Å². The van der Waals surface area contributed by atoms with Gasteiger partial charge in [-0.15, -0.1) is 0 Å². The zero-order valence-corrected chi connectivity index (χ0v) is 12.6. The average Bonchev–Trinajstić information content (AvgIpc) is 2.94. The third-order valence-corrected chi connectivity index (χ3v) is 3.97. The van der Waals surface area contributed by atoms with Crippen LogP contribution in [0.1, 0.15) is 24.8 Å². The number of ketones is 1. The van der Waals surface area contributed by atoms with Crippen molar-refractivity contribution in [2.75, 3.05) is 14.2 Å². The second-order valence-corrected chi connectivity index (χ2v) is 5.12. The summed E-state index contributed by atoms with van der Waals surface area (Å²) in [5, 5.41) is 0. The quantitative estimate of drug-likeness (QED) is 0.484. The Labute approximate surface area is 128 Å². The molecule has 1 aliphatic rings. The van der Waals surface area contributed by atoms with Gasteiger partial charge in [-0.05, 0) is 24.0 Å². The fraction of sp³-hybridized carbons (Fsp3) is 0.353. The lowest BCUT2D eigenvalue weighted by Gasteiger charge is -2.27. The molecule has 22 heavy (non-hydrogen) atoms. The minimum atomic E-state index is -1.43. The zero-order valence-electron chi connectivity index (χ0n) is 12.6. The highest BCUT2D eigenvalue weighted by Gasteiger charge is 2.53. The number of rotatable bonds is 4. The Hall–Kier alpha value is -2.43. The van der Waals surface area contributed by atoms with E-state index in [0.717, 1.165) is 0 Å². The number of Topliss-reactive ketones (excluding diaryl/α,β-unsaturated/α-hetero) is 1. The molecule has 0 aromatic heterocycles. The summed E-state index contributed by atoms with van der Waals surface area (Å²) < 4.78 is 9.55. The summed E-state index contributed by atoms with van der Waals surface area (Å²) in [6, 6.07) is 8.90. The minimum absolute atomic E-state index is 0.224. The van der Waals surface area contributed by atoms with Crippen LogP contribution in [0.2, 0.25) is 0 Å². The van der Waals surface area contributed by atoms with Crippen molar-refractivity contribution in [3.05, 3.63) is 42.0 Å². The average molecular weight is 302 g/mol. The Balaban J connectivity index is 2.65. The molecule has 1 aromatic rings. The molecule has 1 fully saturated rings. The lowest BCUT2D eigenvalue weighted by molar-refractivity contribution is -0.152. The maximum atomic E-state index is 12.5. The van der Waals surface area contributed by atoms with Crippen molar-refractivity contribution in [3.63, 3.8) is 0 Å². The largest absolute Gasteiger partial charge is 0.468 e. The molecule has 116 valence electrons. The maximum absolute atomic E-state index is 12.5. The van der Waals surface area contributed by atoms with Gasteiger partial charge in [0.25, 0.3) is 0 Å². The molecule has 5 heteroatoms. The Kier molecular flexibility index (Phi) is 4.75. The highest BCUT2D eigenvalue weighted by atomic mass is 16.5. The molecule has 0 N–H and O–H groups in total. The van der Waals surface area contributed by atoms with Gasteiger partial charge >= 0.3 is 11.9 Å². The Bertz CT molecular complexity index is 617. The molecule has 0 amide bonds. The van der Waals surface area contributed by atoms with Crippen molar-refractivity contribution in [2.45, 2.75) is 19.3 Å². The predicted octanol–water partition coefficient (Wildman–Crippen LogP) is 2.16. The smallest absolute Gasteiger partial charge is 0.330 e. The van der Waals surface area contributed by atoms with Gasteiger partial charge in [0.15, 0.2) is 11.2 Å². The molecule has 0 saturated heterocycles. The summed E-state index contributed by atoms with van der Waals surface area (Å²) in [4.78, 5) is 36.6. The van der Waals surface area contributed by atoms with E-state index < -0.39 is 17.4 Å². The Morgan fingerprint density at radius 3 is 2.32 bits per heavy atom. The van der Waals surface area contributed by atoms with E-state index in [9.17, 15) is 14.4 Å². The summed E-state index contributed by atoms with van der Waals surface area (Å²) in [7, 11) is 2.50. The number of hydrogen-bond acceptors (Lipinski definition) is 5. The number of carbonyl (C=O) groups excluding carboxylic acids is 3. The fourth-order valence-corrected chi connectivity index (χ4v) is 2.90. The summed E-state index contributed by atoms with van der Waals surface area (Å²) in [6.07, 6.45) is 2.42. The summed E-state index contributed by atoms with van der Waals surface area (Å²) in [5.74, 6) is -1.46. The van der Waals surface area contributed by atoms with Gasteiger partial charge in [-0.2, -0.15) is 0 Å². The molecular weight excluding hydrogens is 284 g/mol. The third-order valence-electron chi connectivity index (χ3n) is 3.97. The monoisotopic (exact) mass is 302 g/mol. The van der Waals surface area contributed by atoms with Crippen LogP contribution in [0.5, 0.6) is 0 Å². The van der Waals surface area contributed by atoms with Gasteiger partial charge in [0.2, 0.25) is 0 Å². The first-order valence-electron chi connectivity index (χ1n) is 7.03. The molecule has 1 aromatic carbocycles. The third kappa shape index (κ3) is 2.66. The number of methoxy groups -OCH3 is 2. The highest BCUT2D eigenvalue weighted by molar-refractivity contribution is 6.17. The predicted molar refractivity (Wildman–Crippen MR) is 79.7 cm³/mol. The lowest BCUT2D eigenvalue weighted by Crippen LogP contribution is -2.38. The van der Waals surface area contributed by atoms with Crippen LogP contribution in [-0.2, 0) is 23.9 Å². The van der Waals surface area contributed by atoms with Crippen molar-refractivity contribution < 1.29 is 23.9 Å². The highest BCUT2D eigenvalue weighted by Crippen LogP contribution is 2.47. The molecule has 0 heterocycles. The molecule has 0 radical (unpaired) electrons. The van der Waals surface area contributed by atoms with Crippen molar-refractivity contribution in [1.29, 1.82) is 0 Å². The SMILES string of the molecule is COC(=O)/C=C(\c1ccccc1)C1(C(=O)OC)CCCC1=O. The van der Waals surface area contributed by atoms with Crippen LogP contribution in [0.3, 0.4) is 0 Å². The standard InChI is InChI=1S/C17H18O5/c1-21-15(19)11-13(12-7-4-3-5-8-12)17(16(20)22-2)10-6-9-14(17)18/h3-5,7-8,11H,6,9-10H2,1-2H3/b13-11+. The van der Waals surface area contributed by atoms with Crippen LogP contribution in [0, 0.1) is 5.41 Å². The van der Waals surface area contributed by atoms with Crippen LogP contribution in [0.15, 0.2) is 36.4 Å². The Morgan fingerprint density at radius 1 is 1.14 bits per heavy atom. The van der Waals surface area contributed by atoms with Crippen molar-refractivity contribution in [3.8, 4) is 0 Å². The van der Waals surface area contributed by atoms with Gasteiger partial charge in [0, 0.05) is 12.5 Å². The molecule has 0 aliphatic heterocycles. The van der Waals surface area contributed by atoms with Crippen molar-refractivity contribution >= 4 is 23.3 Å². The molecule has 0 spiro atoms. The normalized spacial score (nSPS) is 21.5. The molecule has 1 unspecified atom stereocenters. The molecule has 5 nitrogen and oxygen atoms in total. The van der Waals surface area contributed by atoms with E-state index in [1.807, 2.05) is 6.07 Å². The van der Waals surface area contributed by atoms with Crippen molar-refractivity contribution in [2.24, 2.45) is 5.41 Å². The van der Waals surface area contributed by atoms with Gasteiger partial charge in [-0.3, -0.25) is 9.59 Å². The van der Waals surface area contributed by atoms with Crippen LogP contribution < -0.4 is 0 Å². The van der Waals surface area contributed by atoms with E-state index in [4.69, 9.17) is 4.74 Å². The molecule has 2 rings (SSSR count). The molecule has 0 bridgehead atoms. The number of ether oxygens (including phenoxy) is 2. The van der Waals surface area contributed by atoms with Gasteiger partial charge in [0.05, 0.1) is 14.2 Å². The second-order valence-electron chi connectivity index (χ2n) is 5.12. The van der Waals surface area contributed by atoms with E-state index >= 15 is 0 Å². The van der Waals surface area contributed by atoms with E-state index in [1.165, 1.54) is 20.3 Å². The van der Waals surface area contributed by atoms with E-state index in [0.29, 0.717) is 30.4 Å². The van der Waals surface area contributed by atoms with Crippen LogP contribution in [-0.4, -0.2) is 31.9 Å². The molecule has 1 saturated carbocycles. The van der Waals surface area contributed by atoms with Crippen LogP contribution >= 0.6 is 0 Å². The first-order valence-corrected chi connectivity index (χ1v) is 7.03. The first-order chi connectivity index (χ1) is 10.6. The fourth-order valence-electron chi connectivity index (χ4n) is 2.90. The van der Waals surface area contributed by atoms with Crippen LogP contribution in [0.25, 0.3) is 5.57 Å². The molecular formula is C17H18O5.